The number of ether oxygens (including phenoxy) is 1. The van der Waals surface area contributed by atoms with Crippen molar-refractivity contribution in [1.29, 1.82) is 0 Å². The zero-order valence-corrected chi connectivity index (χ0v) is 24.6. The molecule has 2 N–H and O–H groups in total. The van der Waals surface area contributed by atoms with Crippen LogP contribution >= 0.6 is 0 Å². The molecule has 2 fully saturated rings. The highest BCUT2D eigenvalue weighted by Gasteiger charge is 2.44. The van der Waals surface area contributed by atoms with Crippen molar-refractivity contribution < 1.29 is 23.8 Å². The molecule has 3 aliphatic heterocycles. The lowest BCUT2D eigenvalue weighted by Crippen LogP contribution is -2.66. The number of carbonyl (C=O) groups is 2. The fourth-order valence-electron chi connectivity index (χ4n) is 6.38. The maximum atomic E-state index is 15.0. The predicted octanol–water partition coefficient (Wildman–Crippen LogP) is 3.24. The van der Waals surface area contributed by atoms with E-state index in [1.807, 2.05) is 42.2 Å². The van der Waals surface area contributed by atoms with E-state index in [0.29, 0.717) is 42.8 Å². The number of hydrogen-bond acceptors (Lipinski definition) is 7. The Morgan fingerprint density at radius 2 is 1.98 bits per heavy atom. The summed E-state index contributed by atoms with van der Waals surface area (Å²) in [6, 6.07) is 13.5. The summed E-state index contributed by atoms with van der Waals surface area (Å²) >= 11 is 0. The van der Waals surface area contributed by atoms with Gasteiger partial charge in [-0.05, 0) is 68.7 Å². The van der Waals surface area contributed by atoms with E-state index in [9.17, 15) is 19.1 Å². The molecule has 10 heteroatoms. The van der Waals surface area contributed by atoms with Crippen LogP contribution in [-0.4, -0.2) is 81.8 Å². The first-order valence-electron chi connectivity index (χ1n) is 14.6. The molecule has 224 valence electrons. The number of likely N-dealkylation sites (tertiary alicyclic amines) is 2. The molecule has 0 unspecified atom stereocenters. The van der Waals surface area contributed by atoms with Crippen LogP contribution in [0.5, 0.6) is 5.75 Å². The lowest BCUT2D eigenvalue weighted by Gasteiger charge is -2.48. The molecule has 3 aromatic rings. The second kappa shape index (κ2) is 11.5. The molecule has 4 heterocycles. The largest absolute Gasteiger partial charge is 0.496 e. The smallest absolute Gasteiger partial charge is 0.251 e. The van der Waals surface area contributed by atoms with Crippen LogP contribution in [0.25, 0.3) is 0 Å². The molecular formula is C33H36FN5O4. The SMILES string of the molecule is COc1cccc(F)c1CN1C[C@H](NC(=O)c2ccc3c(c2)C(c2ccnc(C)c2)=NC3)CC[C@H]1C(=O)N1CC(C)(O)C1. The number of aliphatic imine (C=N–C) groups is 1. The fourth-order valence-corrected chi connectivity index (χ4v) is 6.38. The number of methoxy groups -OCH3 is 1. The van der Waals surface area contributed by atoms with Gasteiger partial charge < -0.3 is 20.1 Å². The fraction of sp³-hybridized carbons (Fsp3) is 0.394. The second-order valence-electron chi connectivity index (χ2n) is 12.0. The minimum atomic E-state index is -0.892. The van der Waals surface area contributed by atoms with Crippen molar-refractivity contribution in [2.75, 3.05) is 26.7 Å². The summed E-state index contributed by atoms with van der Waals surface area (Å²) in [6.45, 7) is 5.24. The van der Waals surface area contributed by atoms with Crippen molar-refractivity contribution in [3.63, 3.8) is 0 Å². The molecule has 2 aromatic carbocycles. The summed E-state index contributed by atoms with van der Waals surface area (Å²) in [7, 11) is 1.49. The number of halogens is 1. The van der Waals surface area contributed by atoms with E-state index in [4.69, 9.17) is 9.73 Å². The van der Waals surface area contributed by atoms with Crippen LogP contribution in [0, 0.1) is 12.7 Å². The lowest BCUT2D eigenvalue weighted by atomic mass is 9.91. The van der Waals surface area contributed by atoms with Crippen molar-refractivity contribution in [2.45, 2.75) is 57.5 Å². The normalized spacial score (nSPS) is 21.0. The van der Waals surface area contributed by atoms with E-state index >= 15 is 0 Å². The molecule has 2 saturated heterocycles. The Labute approximate surface area is 250 Å². The topological polar surface area (TPSA) is 107 Å². The van der Waals surface area contributed by atoms with Crippen LogP contribution in [0.1, 0.15) is 58.1 Å². The van der Waals surface area contributed by atoms with Crippen molar-refractivity contribution in [1.82, 2.24) is 20.1 Å². The third kappa shape index (κ3) is 5.89. The van der Waals surface area contributed by atoms with Crippen LogP contribution in [0.4, 0.5) is 4.39 Å². The van der Waals surface area contributed by atoms with E-state index in [1.54, 1.807) is 30.2 Å². The van der Waals surface area contributed by atoms with Crippen molar-refractivity contribution in [3.8, 4) is 5.75 Å². The summed E-state index contributed by atoms with van der Waals surface area (Å²) < 4.78 is 20.4. The van der Waals surface area contributed by atoms with Gasteiger partial charge in [0.2, 0.25) is 5.91 Å². The van der Waals surface area contributed by atoms with Gasteiger partial charge in [0.1, 0.15) is 11.6 Å². The second-order valence-corrected chi connectivity index (χ2v) is 12.0. The lowest BCUT2D eigenvalue weighted by molar-refractivity contribution is -0.159. The van der Waals surface area contributed by atoms with Crippen molar-refractivity contribution >= 4 is 17.5 Å². The van der Waals surface area contributed by atoms with Gasteiger partial charge in [-0.25, -0.2) is 4.39 Å². The number of β-amino-alcohol motifs (C(OH)–C–C–N with tert-alkyl or cyclic N) is 1. The molecule has 0 spiro atoms. The van der Waals surface area contributed by atoms with E-state index in [0.717, 1.165) is 28.1 Å². The first-order valence-corrected chi connectivity index (χ1v) is 14.6. The minimum absolute atomic E-state index is 0.0941. The number of nitrogens with zero attached hydrogens (tertiary/aromatic N) is 4. The highest BCUT2D eigenvalue weighted by atomic mass is 19.1. The molecule has 2 atom stereocenters. The molecule has 3 aliphatic rings. The minimum Gasteiger partial charge on any atom is -0.496 e. The van der Waals surface area contributed by atoms with Gasteiger partial charge in [-0.3, -0.25) is 24.5 Å². The monoisotopic (exact) mass is 585 g/mol. The van der Waals surface area contributed by atoms with Gasteiger partial charge in [-0.15, -0.1) is 0 Å². The van der Waals surface area contributed by atoms with Crippen LogP contribution in [0.3, 0.4) is 0 Å². The summed E-state index contributed by atoms with van der Waals surface area (Å²) in [4.78, 5) is 39.6. The first kappa shape index (κ1) is 28.9. The Hall–Kier alpha value is -4.15. The summed E-state index contributed by atoms with van der Waals surface area (Å²) in [5, 5.41) is 13.4. The average Bonchev–Trinajstić information content (AvgIpc) is 3.40. The highest BCUT2D eigenvalue weighted by Crippen LogP contribution is 2.30. The van der Waals surface area contributed by atoms with E-state index in [1.165, 1.54) is 13.2 Å². The predicted molar refractivity (Wildman–Crippen MR) is 160 cm³/mol. The zero-order chi connectivity index (χ0) is 30.3. The van der Waals surface area contributed by atoms with Crippen LogP contribution in [-0.2, 0) is 17.9 Å². The molecule has 2 amide bonds. The zero-order valence-electron chi connectivity index (χ0n) is 24.6. The number of pyridine rings is 1. The average molecular weight is 586 g/mol. The van der Waals surface area contributed by atoms with Crippen molar-refractivity contribution in [2.24, 2.45) is 4.99 Å². The number of nitrogens with one attached hydrogen (secondary N) is 1. The molecule has 0 aliphatic carbocycles. The number of hydrogen-bond donors (Lipinski definition) is 2. The van der Waals surface area contributed by atoms with Gasteiger partial charge in [0.15, 0.2) is 0 Å². The first-order chi connectivity index (χ1) is 20.6. The number of benzene rings is 2. The third-order valence-corrected chi connectivity index (χ3v) is 8.54. The van der Waals surface area contributed by atoms with Gasteiger partial charge in [0, 0.05) is 53.3 Å². The van der Waals surface area contributed by atoms with Gasteiger partial charge in [0.05, 0.1) is 44.1 Å². The molecule has 0 radical (unpaired) electrons. The maximum absolute atomic E-state index is 15.0. The molecule has 0 bridgehead atoms. The number of rotatable bonds is 7. The third-order valence-electron chi connectivity index (χ3n) is 8.54. The van der Waals surface area contributed by atoms with Crippen LogP contribution in [0.15, 0.2) is 59.7 Å². The number of aromatic nitrogens is 1. The Morgan fingerprint density at radius 3 is 2.72 bits per heavy atom. The Morgan fingerprint density at radius 1 is 1.16 bits per heavy atom. The van der Waals surface area contributed by atoms with Crippen molar-refractivity contribution in [3.05, 3.63) is 94.1 Å². The summed E-state index contributed by atoms with van der Waals surface area (Å²) in [6.07, 6.45) is 2.84. The van der Waals surface area contributed by atoms with E-state index in [-0.39, 0.29) is 37.5 Å². The van der Waals surface area contributed by atoms with Crippen LogP contribution < -0.4 is 10.1 Å². The van der Waals surface area contributed by atoms with Gasteiger partial charge in [-0.1, -0.05) is 12.1 Å². The molecule has 9 nitrogen and oxygen atoms in total. The molecule has 1 aromatic heterocycles. The Balaban J connectivity index is 1.20. The molecular weight excluding hydrogens is 549 g/mol. The molecule has 0 saturated carbocycles. The number of aliphatic hydroxyl groups is 1. The standard InChI is InChI=1S/C33H36FN5O4/c1-20-13-21(11-12-35-20)30-25-14-22(7-8-23(25)15-36-30)31(40)37-24-9-10-28(32(41)39-18-33(2,42)19-39)38(16-24)17-26-27(34)5-4-6-29(26)43-3/h4-8,11-14,24,28,42H,9-10,15-19H2,1-3H3,(H,37,40)/t24-,28+/m1/s1. The number of amides is 2. The van der Waals surface area contributed by atoms with Crippen LogP contribution in [0.2, 0.25) is 0 Å². The van der Waals surface area contributed by atoms with E-state index in [2.05, 4.69) is 10.3 Å². The number of fused-ring (bicyclic) bond motifs is 1. The highest BCUT2D eigenvalue weighted by molar-refractivity contribution is 6.16. The summed E-state index contributed by atoms with van der Waals surface area (Å²) in [5.41, 5.74) is 4.72. The quantitative estimate of drug-likeness (QED) is 0.441. The van der Waals surface area contributed by atoms with E-state index < -0.39 is 17.5 Å². The molecule has 6 rings (SSSR count). The summed E-state index contributed by atoms with van der Waals surface area (Å²) in [5.74, 6) is -0.312. The van der Waals surface area contributed by atoms with Gasteiger partial charge in [-0.2, -0.15) is 0 Å². The Bertz CT molecular complexity index is 1600. The van der Waals surface area contributed by atoms with Gasteiger partial charge in [0.25, 0.3) is 5.91 Å². The van der Waals surface area contributed by atoms with Gasteiger partial charge >= 0.3 is 0 Å². The number of piperidine rings is 1. The Kier molecular flexibility index (Phi) is 7.74. The number of aryl methyl sites for hydroxylation is 1. The molecule has 43 heavy (non-hydrogen) atoms. The number of carbonyl (C=O) groups excluding carboxylic acids is 2. The maximum Gasteiger partial charge on any atom is 0.251 e.